The fraction of sp³-hybridized carbons (Fsp3) is 0.467. The number of furan rings is 1. The lowest BCUT2D eigenvalue weighted by atomic mass is 9.84. The second-order valence-electron chi connectivity index (χ2n) is 5.47. The first kappa shape index (κ1) is 14.1. The van der Waals surface area contributed by atoms with E-state index in [1.807, 2.05) is 24.3 Å². The molecule has 0 aliphatic carbocycles. The summed E-state index contributed by atoms with van der Waals surface area (Å²) < 4.78 is 5.57. The Bertz CT molecular complexity index is 529. The van der Waals surface area contributed by atoms with Crippen molar-refractivity contribution in [3.63, 3.8) is 0 Å². The first-order valence-corrected chi connectivity index (χ1v) is 6.50. The molecular formula is C15H21NO3. The summed E-state index contributed by atoms with van der Waals surface area (Å²) in [6.07, 6.45) is 1.79. The van der Waals surface area contributed by atoms with Crippen LogP contribution in [0, 0.1) is 0 Å². The van der Waals surface area contributed by atoms with Crippen LogP contribution in [-0.2, 0) is 5.41 Å². The highest BCUT2D eigenvalue weighted by Gasteiger charge is 2.25. The van der Waals surface area contributed by atoms with Gasteiger partial charge in [-0.15, -0.1) is 0 Å². The maximum absolute atomic E-state index is 9.08. The summed E-state index contributed by atoms with van der Waals surface area (Å²) in [6.45, 7) is 4.74. The zero-order valence-electron chi connectivity index (χ0n) is 11.4. The van der Waals surface area contributed by atoms with Gasteiger partial charge in [-0.2, -0.15) is 0 Å². The summed E-state index contributed by atoms with van der Waals surface area (Å²) in [5.74, 6) is 0. The highest BCUT2D eigenvalue weighted by Crippen LogP contribution is 2.31. The number of fused-ring (bicyclic) bond motifs is 1. The lowest BCUT2D eigenvalue weighted by Gasteiger charge is -2.26. The molecule has 104 valence electrons. The second-order valence-corrected chi connectivity index (χ2v) is 5.47. The predicted octanol–water partition coefficient (Wildman–Crippen LogP) is 1.65. The second kappa shape index (κ2) is 5.74. The molecule has 1 aromatic carbocycles. The van der Waals surface area contributed by atoms with Crippen LogP contribution < -0.4 is 5.32 Å². The molecule has 2 rings (SSSR count). The van der Waals surface area contributed by atoms with Crippen LogP contribution in [0.5, 0.6) is 0 Å². The summed E-state index contributed by atoms with van der Waals surface area (Å²) in [4.78, 5) is 0. The maximum Gasteiger partial charge on any atom is 0.134 e. The van der Waals surface area contributed by atoms with Crippen molar-refractivity contribution < 1.29 is 14.6 Å². The van der Waals surface area contributed by atoms with Crippen molar-refractivity contribution >= 4 is 11.0 Å². The Morgan fingerprint density at radius 3 is 2.58 bits per heavy atom. The predicted molar refractivity (Wildman–Crippen MR) is 75.2 cm³/mol. The van der Waals surface area contributed by atoms with Crippen molar-refractivity contribution in [1.82, 2.24) is 5.32 Å². The molecule has 1 heterocycles. The van der Waals surface area contributed by atoms with Gasteiger partial charge < -0.3 is 19.9 Å². The molecule has 0 fully saturated rings. The molecule has 3 N–H and O–H groups in total. The normalized spacial score (nSPS) is 12.5. The first-order chi connectivity index (χ1) is 9.08. The average molecular weight is 263 g/mol. The van der Waals surface area contributed by atoms with Crippen molar-refractivity contribution in [1.29, 1.82) is 0 Å². The number of rotatable bonds is 6. The van der Waals surface area contributed by atoms with Crippen LogP contribution in [0.1, 0.15) is 19.4 Å². The molecule has 0 radical (unpaired) electrons. The van der Waals surface area contributed by atoms with Crippen molar-refractivity contribution in [2.75, 3.05) is 19.8 Å². The van der Waals surface area contributed by atoms with Gasteiger partial charge in [0.1, 0.15) is 5.58 Å². The number of hydrogen-bond donors (Lipinski definition) is 3. The lowest BCUT2D eigenvalue weighted by Crippen LogP contribution is -2.42. The molecule has 19 heavy (non-hydrogen) atoms. The van der Waals surface area contributed by atoms with E-state index in [-0.39, 0.29) is 24.7 Å². The van der Waals surface area contributed by atoms with Gasteiger partial charge in [-0.05, 0) is 6.07 Å². The fourth-order valence-corrected chi connectivity index (χ4v) is 2.18. The van der Waals surface area contributed by atoms with Gasteiger partial charge in [0.2, 0.25) is 0 Å². The van der Waals surface area contributed by atoms with E-state index < -0.39 is 0 Å². The number of hydrogen-bond acceptors (Lipinski definition) is 4. The molecule has 2 aromatic rings. The van der Waals surface area contributed by atoms with Gasteiger partial charge >= 0.3 is 0 Å². The molecule has 4 nitrogen and oxygen atoms in total. The Morgan fingerprint density at radius 1 is 1.21 bits per heavy atom. The van der Waals surface area contributed by atoms with Gasteiger partial charge in [-0.25, -0.2) is 0 Å². The number of nitrogens with one attached hydrogen (secondary N) is 1. The molecule has 0 saturated carbocycles. The van der Waals surface area contributed by atoms with E-state index in [0.717, 1.165) is 16.5 Å². The summed E-state index contributed by atoms with van der Waals surface area (Å²) in [7, 11) is 0. The van der Waals surface area contributed by atoms with Gasteiger partial charge in [-0.3, -0.25) is 0 Å². The largest absolute Gasteiger partial charge is 0.464 e. The van der Waals surface area contributed by atoms with Crippen LogP contribution in [0.2, 0.25) is 0 Å². The van der Waals surface area contributed by atoms with Gasteiger partial charge in [0.25, 0.3) is 0 Å². The van der Waals surface area contributed by atoms with Crippen LogP contribution >= 0.6 is 0 Å². The molecule has 0 aliphatic heterocycles. The van der Waals surface area contributed by atoms with Crippen molar-refractivity contribution in [2.45, 2.75) is 25.3 Å². The van der Waals surface area contributed by atoms with E-state index >= 15 is 0 Å². The van der Waals surface area contributed by atoms with E-state index in [1.165, 1.54) is 0 Å². The van der Waals surface area contributed by atoms with E-state index in [0.29, 0.717) is 6.54 Å². The summed E-state index contributed by atoms with van der Waals surface area (Å²) >= 11 is 0. The molecule has 0 amide bonds. The van der Waals surface area contributed by atoms with Crippen LogP contribution in [0.3, 0.4) is 0 Å². The minimum absolute atomic E-state index is 0.0707. The molecular weight excluding hydrogens is 242 g/mol. The van der Waals surface area contributed by atoms with Crippen LogP contribution in [-0.4, -0.2) is 36.0 Å². The standard InChI is InChI=1S/C15H21NO3/c1-15(2,10-16-11(7-17)8-18)13-9-19-14-6-4-3-5-12(13)14/h3-6,9,11,16-18H,7-8,10H2,1-2H3. The van der Waals surface area contributed by atoms with E-state index in [2.05, 4.69) is 19.2 Å². The zero-order valence-corrected chi connectivity index (χ0v) is 11.4. The monoisotopic (exact) mass is 263 g/mol. The van der Waals surface area contributed by atoms with Crippen molar-refractivity contribution in [3.8, 4) is 0 Å². The topological polar surface area (TPSA) is 65.6 Å². The van der Waals surface area contributed by atoms with Gasteiger partial charge in [0.15, 0.2) is 0 Å². The number of benzene rings is 1. The van der Waals surface area contributed by atoms with Crippen LogP contribution in [0.4, 0.5) is 0 Å². The number of para-hydroxylation sites is 1. The maximum atomic E-state index is 9.08. The Labute approximate surface area is 113 Å². The van der Waals surface area contributed by atoms with Crippen molar-refractivity contribution in [2.24, 2.45) is 0 Å². The van der Waals surface area contributed by atoms with Crippen LogP contribution in [0.15, 0.2) is 34.9 Å². The Balaban J connectivity index is 2.19. The van der Waals surface area contributed by atoms with Gasteiger partial charge in [0, 0.05) is 22.9 Å². The Hall–Kier alpha value is -1.36. The molecule has 0 atom stereocenters. The summed E-state index contributed by atoms with van der Waals surface area (Å²) in [5.41, 5.74) is 1.87. The highest BCUT2D eigenvalue weighted by molar-refractivity contribution is 5.82. The minimum Gasteiger partial charge on any atom is -0.464 e. The Kier molecular flexibility index (Phi) is 4.24. The summed E-state index contributed by atoms with van der Waals surface area (Å²) in [6, 6.07) is 7.67. The third-order valence-electron chi connectivity index (χ3n) is 3.48. The van der Waals surface area contributed by atoms with E-state index in [4.69, 9.17) is 14.6 Å². The highest BCUT2D eigenvalue weighted by atomic mass is 16.3. The third kappa shape index (κ3) is 2.97. The molecule has 0 bridgehead atoms. The SMILES string of the molecule is CC(C)(CNC(CO)CO)c1coc2ccccc12. The lowest BCUT2D eigenvalue weighted by molar-refractivity contribution is 0.166. The third-order valence-corrected chi connectivity index (χ3v) is 3.48. The van der Waals surface area contributed by atoms with Gasteiger partial charge in [0.05, 0.1) is 25.5 Å². The van der Waals surface area contributed by atoms with Crippen molar-refractivity contribution in [3.05, 3.63) is 36.1 Å². The fourth-order valence-electron chi connectivity index (χ4n) is 2.18. The smallest absolute Gasteiger partial charge is 0.134 e. The molecule has 4 heteroatoms. The van der Waals surface area contributed by atoms with E-state index in [9.17, 15) is 0 Å². The molecule has 0 aliphatic rings. The van der Waals surface area contributed by atoms with Crippen LogP contribution in [0.25, 0.3) is 11.0 Å². The molecule has 1 aromatic heterocycles. The first-order valence-electron chi connectivity index (χ1n) is 6.50. The van der Waals surface area contributed by atoms with E-state index in [1.54, 1.807) is 6.26 Å². The number of aliphatic hydroxyl groups excluding tert-OH is 2. The minimum atomic E-state index is -0.280. The Morgan fingerprint density at radius 2 is 1.89 bits per heavy atom. The quantitative estimate of drug-likeness (QED) is 0.741. The summed E-state index contributed by atoms with van der Waals surface area (Å²) in [5, 5.41) is 22.4. The average Bonchev–Trinajstić information content (AvgIpc) is 2.84. The van der Waals surface area contributed by atoms with Gasteiger partial charge in [-0.1, -0.05) is 32.0 Å². The number of aliphatic hydroxyl groups is 2. The molecule has 0 unspecified atom stereocenters. The molecule has 0 saturated heterocycles. The zero-order chi connectivity index (χ0) is 13.9. The molecule has 0 spiro atoms.